The fourth-order valence-corrected chi connectivity index (χ4v) is 2.71. The average Bonchev–Trinajstić information content (AvgIpc) is 2.48. The second-order valence-electron chi connectivity index (χ2n) is 5.32. The van der Waals surface area contributed by atoms with E-state index in [0.717, 1.165) is 12.8 Å². The van der Waals surface area contributed by atoms with Gasteiger partial charge in [0, 0.05) is 18.1 Å². The molecular formula is C15H19NO5. The molecule has 1 fully saturated rings. The van der Waals surface area contributed by atoms with Crippen LogP contribution >= 0.6 is 0 Å². The van der Waals surface area contributed by atoms with Crippen LogP contribution in [-0.2, 0) is 16.0 Å². The Morgan fingerprint density at radius 2 is 1.95 bits per heavy atom. The quantitative estimate of drug-likeness (QED) is 0.643. The van der Waals surface area contributed by atoms with E-state index in [2.05, 4.69) is 0 Å². The molecule has 0 heterocycles. The first kappa shape index (κ1) is 15.4. The van der Waals surface area contributed by atoms with Crippen LogP contribution in [0.3, 0.4) is 0 Å². The number of carboxylic acid groups (broad SMARTS) is 1. The normalized spacial score (nSPS) is 21.9. The molecule has 1 N–H and O–H groups in total. The van der Waals surface area contributed by atoms with Crippen molar-refractivity contribution in [2.45, 2.75) is 38.2 Å². The van der Waals surface area contributed by atoms with Gasteiger partial charge in [-0.05, 0) is 25.7 Å². The van der Waals surface area contributed by atoms with Crippen molar-refractivity contribution in [2.75, 3.05) is 6.61 Å². The van der Waals surface area contributed by atoms with Crippen molar-refractivity contribution in [3.63, 3.8) is 0 Å². The average molecular weight is 293 g/mol. The number of nitro groups is 1. The van der Waals surface area contributed by atoms with Crippen molar-refractivity contribution < 1.29 is 19.6 Å². The van der Waals surface area contributed by atoms with Gasteiger partial charge in [0.15, 0.2) is 0 Å². The lowest BCUT2D eigenvalue weighted by Crippen LogP contribution is -2.26. The van der Waals surface area contributed by atoms with Crippen LogP contribution in [0, 0.1) is 16.0 Å². The van der Waals surface area contributed by atoms with Crippen LogP contribution in [0.25, 0.3) is 0 Å². The van der Waals surface area contributed by atoms with E-state index in [1.807, 2.05) is 0 Å². The van der Waals surface area contributed by atoms with Crippen LogP contribution in [-0.4, -0.2) is 28.7 Å². The minimum absolute atomic E-state index is 0.0726. The standard InChI is InChI=1S/C15H19NO5/c17-15(18)12-5-7-13(8-6-12)21-10-9-11-3-1-2-4-14(11)16(19)20/h1-4,12-13H,5-10H2,(H,17,18). The summed E-state index contributed by atoms with van der Waals surface area (Å²) in [7, 11) is 0. The number of ether oxygens (including phenoxy) is 1. The first-order valence-electron chi connectivity index (χ1n) is 7.14. The topological polar surface area (TPSA) is 89.7 Å². The lowest BCUT2D eigenvalue weighted by Gasteiger charge is -2.26. The Hall–Kier alpha value is -1.95. The second-order valence-corrected chi connectivity index (χ2v) is 5.32. The summed E-state index contributed by atoms with van der Waals surface area (Å²) in [6, 6.07) is 6.66. The number of benzene rings is 1. The monoisotopic (exact) mass is 293 g/mol. The van der Waals surface area contributed by atoms with Gasteiger partial charge in [-0.1, -0.05) is 18.2 Å². The third-order valence-electron chi connectivity index (χ3n) is 3.94. The molecule has 0 saturated heterocycles. The number of carbonyl (C=O) groups is 1. The predicted molar refractivity (Wildman–Crippen MR) is 76.1 cm³/mol. The van der Waals surface area contributed by atoms with Crippen molar-refractivity contribution in [2.24, 2.45) is 5.92 Å². The van der Waals surface area contributed by atoms with Gasteiger partial charge in [-0.2, -0.15) is 0 Å². The first-order valence-corrected chi connectivity index (χ1v) is 7.14. The van der Waals surface area contributed by atoms with E-state index in [-0.39, 0.29) is 22.6 Å². The van der Waals surface area contributed by atoms with Gasteiger partial charge >= 0.3 is 5.97 Å². The van der Waals surface area contributed by atoms with Gasteiger partial charge < -0.3 is 9.84 Å². The maximum absolute atomic E-state index is 10.9. The molecule has 114 valence electrons. The SMILES string of the molecule is O=C(O)C1CCC(OCCc2ccccc2[N+](=O)[O-])CC1. The molecular weight excluding hydrogens is 274 g/mol. The van der Waals surface area contributed by atoms with Gasteiger partial charge in [0.25, 0.3) is 5.69 Å². The highest BCUT2D eigenvalue weighted by Gasteiger charge is 2.26. The van der Waals surface area contributed by atoms with Crippen molar-refractivity contribution in [1.29, 1.82) is 0 Å². The zero-order valence-corrected chi connectivity index (χ0v) is 11.7. The van der Waals surface area contributed by atoms with Crippen molar-refractivity contribution in [3.8, 4) is 0 Å². The maximum atomic E-state index is 10.9. The molecule has 1 saturated carbocycles. The number of hydrogen-bond donors (Lipinski definition) is 1. The van der Waals surface area contributed by atoms with E-state index in [1.165, 1.54) is 6.07 Å². The third-order valence-corrected chi connectivity index (χ3v) is 3.94. The van der Waals surface area contributed by atoms with Gasteiger partial charge in [0.2, 0.25) is 0 Å². The molecule has 6 heteroatoms. The Morgan fingerprint density at radius 3 is 2.57 bits per heavy atom. The Morgan fingerprint density at radius 1 is 1.29 bits per heavy atom. The molecule has 21 heavy (non-hydrogen) atoms. The second kappa shape index (κ2) is 7.17. The fraction of sp³-hybridized carbons (Fsp3) is 0.533. The zero-order chi connectivity index (χ0) is 15.2. The summed E-state index contributed by atoms with van der Waals surface area (Å²) in [5.74, 6) is -0.978. The molecule has 0 atom stereocenters. The maximum Gasteiger partial charge on any atom is 0.306 e. The van der Waals surface area contributed by atoms with Crippen LogP contribution in [0.2, 0.25) is 0 Å². The number of nitro benzene ring substituents is 1. The molecule has 1 aromatic rings. The fourth-order valence-electron chi connectivity index (χ4n) is 2.71. The van der Waals surface area contributed by atoms with Gasteiger partial charge in [-0.25, -0.2) is 0 Å². The van der Waals surface area contributed by atoms with Gasteiger partial charge in [0.05, 0.1) is 23.6 Å². The summed E-state index contributed by atoms with van der Waals surface area (Å²) < 4.78 is 5.73. The summed E-state index contributed by atoms with van der Waals surface area (Å²) in [4.78, 5) is 21.4. The molecule has 0 aliphatic heterocycles. The van der Waals surface area contributed by atoms with E-state index in [9.17, 15) is 14.9 Å². The van der Waals surface area contributed by atoms with E-state index >= 15 is 0 Å². The summed E-state index contributed by atoms with van der Waals surface area (Å²) in [5, 5.41) is 19.8. The van der Waals surface area contributed by atoms with E-state index in [4.69, 9.17) is 9.84 Å². The number of nitrogens with zero attached hydrogens (tertiary/aromatic N) is 1. The predicted octanol–water partition coefficient (Wildman–Crippen LogP) is 2.80. The minimum Gasteiger partial charge on any atom is -0.481 e. The molecule has 0 amide bonds. The van der Waals surface area contributed by atoms with Crippen LogP contribution in [0.4, 0.5) is 5.69 Å². The Kier molecular flexibility index (Phi) is 5.27. The summed E-state index contributed by atoms with van der Waals surface area (Å²) in [5.41, 5.74) is 0.789. The lowest BCUT2D eigenvalue weighted by molar-refractivity contribution is -0.385. The molecule has 0 radical (unpaired) electrons. The Bertz CT molecular complexity index is 509. The summed E-state index contributed by atoms with van der Waals surface area (Å²) in [6.45, 7) is 0.424. The molecule has 1 aliphatic carbocycles. The van der Waals surface area contributed by atoms with Crippen molar-refractivity contribution >= 4 is 11.7 Å². The number of aliphatic carboxylic acids is 1. The summed E-state index contributed by atoms with van der Waals surface area (Å²) >= 11 is 0. The Balaban J connectivity index is 1.78. The molecule has 0 unspecified atom stereocenters. The van der Waals surface area contributed by atoms with Gasteiger partial charge in [-0.3, -0.25) is 14.9 Å². The van der Waals surface area contributed by atoms with Gasteiger partial charge in [-0.15, -0.1) is 0 Å². The minimum atomic E-state index is -0.728. The third kappa shape index (κ3) is 4.26. The van der Waals surface area contributed by atoms with Crippen molar-refractivity contribution in [1.82, 2.24) is 0 Å². The van der Waals surface area contributed by atoms with E-state index in [0.29, 0.717) is 31.4 Å². The number of carboxylic acids is 1. The molecule has 6 nitrogen and oxygen atoms in total. The highest BCUT2D eigenvalue weighted by Crippen LogP contribution is 2.26. The van der Waals surface area contributed by atoms with Crippen LogP contribution in [0.15, 0.2) is 24.3 Å². The first-order chi connectivity index (χ1) is 10.1. The summed E-state index contributed by atoms with van der Waals surface area (Å²) in [6.07, 6.45) is 3.35. The molecule has 0 bridgehead atoms. The van der Waals surface area contributed by atoms with Crippen LogP contribution in [0.5, 0.6) is 0 Å². The zero-order valence-electron chi connectivity index (χ0n) is 11.7. The number of para-hydroxylation sites is 1. The Labute approximate surface area is 122 Å². The number of hydrogen-bond acceptors (Lipinski definition) is 4. The van der Waals surface area contributed by atoms with Crippen LogP contribution in [0.1, 0.15) is 31.2 Å². The largest absolute Gasteiger partial charge is 0.481 e. The van der Waals surface area contributed by atoms with Crippen molar-refractivity contribution in [3.05, 3.63) is 39.9 Å². The molecule has 0 spiro atoms. The highest BCUT2D eigenvalue weighted by molar-refractivity contribution is 5.70. The molecule has 1 aliphatic rings. The molecule has 1 aromatic carbocycles. The van der Waals surface area contributed by atoms with Crippen LogP contribution < -0.4 is 0 Å². The van der Waals surface area contributed by atoms with E-state index < -0.39 is 5.97 Å². The number of rotatable bonds is 6. The highest BCUT2D eigenvalue weighted by atomic mass is 16.6. The van der Waals surface area contributed by atoms with Gasteiger partial charge in [0.1, 0.15) is 0 Å². The molecule has 2 rings (SSSR count). The smallest absolute Gasteiger partial charge is 0.306 e. The van der Waals surface area contributed by atoms with E-state index in [1.54, 1.807) is 18.2 Å². The molecule has 0 aromatic heterocycles. The lowest BCUT2D eigenvalue weighted by atomic mass is 9.87.